The SMILES string of the molecule is CN(CC(=O)NCc1ccco1)C(=O)c1csc(Nc2cccc(Cl)c2Cl)n1. The third-order valence-electron chi connectivity index (χ3n) is 3.68. The first kappa shape index (κ1) is 20.2. The number of carbonyl (C=O) groups is 2. The third kappa shape index (κ3) is 5.03. The molecule has 0 spiro atoms. The monoisotopic (exact) mass is 438 g/mol. The number of aromatic nitrogens is 1. The van der Waals surface area contributed by atoms with Gasteiger partial charge < -0.3 is 20.0 Å². The molecule has 2 heterocycles. The zero-order valence-corrected chi connectivity index (χ0v) is 17.1. The molecular formula is C18H16Cl2N4O3S. The van der Waals surface area contributed by atoms with Gasteiger partial charge in [-0.3, -0.25) is 9.59 Å². The molecule has 2 N–H and O–H groups in total. The molecule has 146 valence electrons. The number of likely N-dealkylation sites (N-methyl/N-ethyl adjacent to an activating group) is 1. The van der Waals surface area contributed by atoms with Gasteiger partial charge in [0.05, 0.1) is 35.1 Å². The fourth-order valence-electron chi connectivity index (χ4n) is 2.28. The molecule has 3 rings (SSSR count). The molecule has 2 amide bonds. The number of benzene rings is 1. The first-order valence-corrected chi connectivity index (χ1v) is 9.78. The summed E-state index contributed by atoms with van der Waals surface area (Å²) in [5, 5.41) is 8.61. The molecule has 0 saturated carbocycles. The van der Waals surface area contributed by atoms with Crippen LogP contribution in [0.3, 0.4) is 0 Å². The summed E-state index contributed by atoms with van der Waals surface area (Å²) in [4.78, 5) is 30.0. The summed E-state index contributed by atoms with van der Waals surface area (Å²) >= 11 is 13.4. The van der Waals surface area contributed by atoms with Crippen molar-refractivity contribution < 1.29 is 14.0 Å². The lowest BCUT2D eigenvalue weighted by molar-refractivity contribution is -0.121. The molecule has 0 unspecified atom stereocenters. The fraction of sp³-hybridized carbons (Fsp3) is 0.167. The molecule has 7 nitrogen and oxygen atoms in total. The van der Waals surface area contributed by atoms with Gasteiger partial charge in [0.2, 0.25) is 5.91 Å². The van der Waals surface area contributed by atoms with Gasteiger partial charge in [-0.25, -0.2) is 4.98 Å². The van der Waals surface area contributed by atoms with Gasteiger partial charge in [-0.1, -0.05) is 29.3 Å². The highest BCUT2D eigenvalue weighted by Crippen LogP contribution is 2.32. The molecule has 2 aromatic heterocycles. The fourth-order valence-corrected chi connectivity index (χ4v) is 3.33. The molecule has 0 bridgehead atoms. The number of amides is 2. The summed E-state index contributed by atoms with van der Waals surface area (Å²) in [5.41, 5.74) is 0.820. The third-order valence-corrected chi connectivity index (χ3v) is 5.26. The van der Waals surface area contributed by atoms with Crippen LogP contribution in [0.25, 0.3) is 0 Å². The Labute approximate surface area is 175 Å². The molecule has 0 fully saturated rings. The Morgan fingerprint density at radius 3 is 2.82 bits per heavy atom. The van der Waals surface area contributed by atoms with Crippen molar-refractivity contribution >= 4 is 57.2 Å². The van der Waals surface area contributed by atoms with E-state index in [1.807, 2.05) is 0 Å². The van der Waals surface area contributed by atoms with E-state index in [0.29, 0.717) is 26.6 Å². The first-order valence-electron chi connectivity index (χ1n) is 8.15. The van der Waals surface area contributed by atoms with Crippen LogP contribution < -0.4 is 10.6 Å². The maximum Gasteiger partial charge on any atom is 0.273 e. The van der Waals surface area contributed by atoms with Crippen molar-refractivity contribution in [2.75, 3.05) is 18.9 Å². The summed E-state index contributed by atoms with van der Waals surface area (Å²) in [6.45, 7) is 0.166. The topological polar surface area (TPSA) is 87.5 Å². The number of nitrogens with zero attached hydrogens (tertiary/aromatic N) is 2. The smallest absolute Gasteiger partial charge is 0.273 e. The normalized spacial score (nSPS) is 10.5. The van der Waals surface area contributed by atoms with Crippen LogP contribution in [-0.4, -0.2) is 35.3 Å². The lowest BCUT2D eigenvalue weighted by Crippen LogP contribution is -2.38. The van der Waals surface area contributed by atoms with Gasteiger partial charge in [0, 0.05) is 12.4 Å². The summed E-state index contributed by atoms with van der Waals surface area (Å²) in [6, 6.07) is 8.68. The molecular weight excluding hydrogens is 423 g/mol. The number of nitrogens with one attached hydrogen (secondary N) is 2. The van der Waals surface area contributed by atoms with E-state index in [2.05, 4.69) is 15.6 Å². The predicted octanol–water partition coefficient (Wildman–Crippen LogP) is 4.17. The van der Waals surface area contributed by atoms with Gasteiger partial charge >= 0.3 is 0 Å². The van der Waals surface area contributed by atoms with E-state index in [1.54, 1.807) is 35.7 Å². The number of hydrogen-bond acceptors (Lipinski definition) is 6. The van der Waals surface area contributed by atoms with Crippen molar-refractivity contribution in [2.45, 2.75) is 6.54 Å². The van der Waals surface area contributed by atoms with Crippen LogP contribution in [0.4, 0.5) is 10.8 Å². The van der Waals surface area contributed by atoms with Crippen LogP contribution >= 0.6 is 34.5 Å². The second kappa shape index (κ2) is 9.09. The van der Waals surface area contributed by atoms with E-state index < -0.39 is 0 Å². The second-order valence-corrected chi connectivity index (χ2v) is 7.42. The highest BCUT2D eigenvalue weighted by Gasteiger charge is 2.18. The van der Waals surface area contributed by atoms with Crippen molar-refractivity contribution in [1.82, 2.24) is 15.2 Å². The van der Waals surface area contributed by atoms with Crippen LogP contribution in [0.1, 0.15) is 16.2 Å². The number of rotatable bonds is 7. The summed E-state index contributed by atoms with van der Waals surface area (Å²) in [7, 11) is 1.54. The minimum absolute atomic E-state index is 0.0973. The van der Waals surface area contributed by atoms with Crippen molar-refractivity contribution in [1.29, 1.82) is 0 Å². The number of anilines is 2. The largest absolute Gasteiger partial charge is 0.467 e. The predicted molar refractivity (Wildman–Crippen MR) is 109 cm³/mol. The average Bonchev–Trinajstić information content (AvgIpc) is 3.35. The number of thiazole rings is 1. The van der Waals surface area contributed by atoms with Crippen molar-refractivity contribution in [3.63, 3.8) is 0 Å². The van der Waals surface area contributed by atoms with Gasteiger partial charge in [-0.05, 0) is 24.3 Å². The lowest BCUT2D eigenvalue weighted by Gasteiger charge is -2.15. The zero-order chi connectivity index (χ0) is 20.1. The highest BCUT2D eigenvalue weighted by atomic mass is 35.5. The van der Waals surface area contributed by atoms with Crippen molar-refractivity contribution in [2.24, 2.45) is 0 Å². The maximum absolute atomic E-state index is 12.5. The standard InChI is InChI=1S/C18H16Cl2N4O3S/c1-24(9-15(25)21-8-11-4-3-7-27-11)17(26)14-10-28-18(23-14)22-13-6-2-5-12(19)16(13)20/h2-7,10H,8-9H2,1H3,(H,21,25)(H,22,23). The minimum Gasteiger partial charge on any atom is -0.467 e. The molecule has 0 aliphatic heterocycles. The van der Waals surface area contributed by atoms with Crippen molar-refractivity contribution in [3.8, 4) is 0 Å². The quantitative estimate of drug-likeness (QED) is 0.577. The molecule has 0 aliphatic carbocycles. The Morgan fingerprint density at radius 1 is 1.25 bits per heavy atom. The molecule has 3 aromatic rings. The van der Waals surface area contributed by atoms with E-state index >= 15 is 0 Å². The van der Waals surface area contributed by atoms with E-state index in [1.165, 1.54) is 29.5 Å². The molecule has 0 aliphatic rings. The summed E-state index contributed by atoms with van der Waals surface area (Å²) in [6.07, 6.45) is 1.53. The first-order chi connectivity index (χ1) is 13.4. The second-order valence-electron chi connectivity index (χ2n) is 5.78. The Bertz CT molecular complexity index is 975. The molecule has 10 heteroatoms. The number of hydrogen-bond donors (Lipinski definition) is 2. The van der Waals surface area contributed by atoms with E-state index in [-0.39, 0.29) is 30.6 Å². The van der Waals surface area contributed by atoms with Gasteiger partial charge in [0.1, 0.15) is 11.5 Å². The molecule has 28 heavy (non-hydrogen) atoms. The van der Waals surface area contributed by atoms with E-state index in [4.69, 9.17) is 27.6 Å². The van der Waals surface area contributed by atoms with Crippen LogP contribution in [-0.2, 0) is 11.3 Å². The van der Waals surface area contributed by atoms with E-state index in [9.17, 15) is 9.59 Å². The van der Waals surface area contributed by atoms with Crippen LogP contribution in [0.2, 0.25) is 10.0 Å². The molecule has 0 atom stereocenters. The number of carbonyl (C=O) groups excluding carboxylic acids is 2. The Kier molecular flexibility index (Phi) is 6.56. The van der Waals surface area contributed by atoms with Crippen LogP contribution in [0, 0.1) is 0 Å². The van der Waals surface area contributed by atoms with Gasteiger partial charge in [-0.2, -0.15) is 0 Å². The molecule has 0 saturated heterocycles. The summed E-state index contributed by atoms with van der Waals surface area (Å²) < 4.78 is 5.14. The van der Waals surface area contributed by atoms with Gasteiger partial charge in [0.25, 0.3) is 5.91 Å². The Balaban J connectivity index is 1.56. The van der Waals surface area contributed by atoms with Gasteiger partial charge in [0.15, 0.2) is 5.13 Å². The molecule has 1 aromatic carbocycles. The highest BCUT2D eigenvalue weighted by molar-refractivity contribution is 7.14. The number of halogens is 2. The summed E-state index contributed by atoms with van der Waals surface area (Å²) in [5.74, 6) is -0.0293. The van der Waals surface area contributed by atoms with Crippen LogP contribution in [0.15, 0.2) is 46.4 Å². The Morgan fingerprint density at radius 2 is 2.07 bits per heavy atom. The van der Waals surface area contributed by atoms with Crippen LogP contribution in [0.5, 0.6) is 0 Å². The number of furan rings is 1. The average molecular weight is 439 g/mol. The van der Waals surface area contributed by atoms with E-state index in [0.717, 1.165) is 0 Å². The van der Waals surface area contributed by atoms with Gasteiger partial charge in [-0.15, -0.1) is 11.3 Å². The van der Waals surface area contributed by atoms with Crippen molar-refractivity contribution in [3.05, 3.63) is 63.5 Å². The Hall–Kier alpha value is -2.55. The zero-order valence-electron chi connectivity index (χ0n) is 14.7. The lowest BCUT2D eigenvalue weighted by atomic mass is 10.3. The molecule has 0 radical (unpaired) electrons. The minimum atomic E-state index is -0.366. The maximum atomic E-state index is 12.5.